The van der Waals surface area contributed by atoms with Crippen molar-refractivity contribution in [3.8, 4) is 5.75 Å². The van der Waals surface area contributed by atoms with Gasteiger partial charge in [0.2, 0.25) is 0 Å². The topological polar surface area (TPSA) is 82.6 Å². The number of benzene rings is 1. The minimum Gasteiger partial charge on any atom is -0.490 e. The number of thiophene rings is 1. The minimum absolute atomic E-state index is 0.0524. The highest BCUT2D eigenvalue weighted by Gasteiger charge is 2.14. The first-order chi connectivity index (χ1) is 11.5. The second kappa shape index (κ2) is 6.74. The number of nitrogens with zero attached hydrogens (tertiary/aromatic N) is 1. The number of halogens is 1. The van der Waals surface area contributed by atoms with Crippen molar-refractivity contribution in [2.75, 3.05) is 6.61 Å². The van der Waals surface area contributed by atoms with Crippen molar-refractivity contribution in [3.63, 3.8) is 0 Å². The largest absolute Gasteiger partial charge is 0.490 e. The molecule has 0 aliphatic heterocycles. The van der Waals surface area contributed by atoms with Gasteiger partial charge in [0.15, 0.2) is 11.3 Å². The Kier molecular flexibility index (Phi) is 4.68. The Morgan fingerprint density at radius 2 is 2.12 bits per heavy atom. The number of nitro groups is 1. The van der Waals surface area contributed by atoms with E-state index < -0.39 is 10.5 Å². The number of fused-ring (bicyclic) bond motifs is 1. The van der Waals surface area contributed by atoms with Gasteiger partial charge in [0.25, 0.3) is 0 Å². The zero-order valence-corrected chi connectivity index (χ0v) is 15.0. The molecule has 8 heteroatoms. The van der Waals surface area contributed by atoms with Crippen LogP contribution in [0.2, 0.25) is 0 Å². The van der Waals surface area contributed by atoms with Crippen molar-refractivity contribution < 1.29 is 14.1 Å². The van der Waals surface area contributed by atoms with Gasteiger partial charge in [-0.15, -0.1) is 0 Å². The van der Waals surface area contributed by atoms with Gasteiger partial charge in [-0.05, 0) is 31.2 Å². The maximum Gasteiger partial charge on any atom is 0.339 e. The zero-order chi connectivity index (χ0) is 17.3. The summed E-state index contributed by atoms with van der Waals surface area (Å²) in [7, 11) is 0. The van der Waals surface area contributed by atoms with Crippen LogP contribution < -0.4 is 10.4 Å². The number of hydrogen-bond donors (Lipinski definition) is 0. The molecule has 2 heterocycles. The molecule has 0 N–H and O–H groups in total. The Bertz CT molecular complexity index is 978. The minimum atomic E-state index is -0.471. The fraction of sp³-hybridized carbons (Fsp3) is 0.188. The lowest BCUT2D eigenvalue weighted by molar-refractivity contribution is -0.380. The van der Waals surface area contributed by atoms with Gasteiger partial charge in [0.1, 0.15) is 0 Å². The normalized spacial score (nSPS) is 10.9. The van der Waals surface area contributed by atoms with Crippen molar-refractivity contribution in [2.45, 2.75) is 13.3 Å². The average molecular weight is 410 g/mol. The standard InChI is InChI=1S/C16H12BrNO5S/c1-2-22-13-8-11(17)6-9-5-10(16(19)23-15(9)13)7-12-3-4-14(24-12)18(20)21/h3-6,8H,2,7H2,1H3. The van der Waals surface area contributed by atoms with E-state index in [1.165, 1.54) is 6.07 Å². The summed E-state index contributed by atoms with van der Waals surface area (Å²) in [5.41, 5.74) is 0.368. The molecule has 0 unspecified atom stereocenters. The molecule has 0 saturated heterocycles. The van der Waals surface area contributed by atoms with Gasteiger partial charge >= 0.3 is 10.6 Å². The Morgan fingerprint density at radius 1 is 1.33 bits per heavy atom. The van der Waals surface area contributed by atoms with Crippen LogP contribution in [-0.4, -0.2) is 11.5 Å². The van der Waals surface area contributed by atoms with Crippen LogP contribution in [-0.2, 0) is 6.42 Å². The molecule has 0 saturated carbocycles. The van der Waals surface area contributed by atoms with Gasteiger partial charge in [0, 0.05) is 32.8 Å². The molecule has 1 aromatic carbocycles. The first kappa shape index (κ1) is 16.7. The first-order valence-electron chi connectivity index (χ1n) is 7.10. The van der Waals surface area contributed by atoms with Crippen LogP contribution in [0, 0.1) is 10.1 Å². The predicted octanol–water partition coefficient (Wildman–Crippen LogP) is 4.51. The molecule has 124 valence electrons. The molecule has 2 aromatic heterocycles. The quantitative estimate of drug-likeness (QED) is 0.351. The highest BCUT2D eigenvalue weighted by atomic mass is 79.9. The van der Waals surface area contributed by atoms with E-state index in [1.54, 1.807) is 18.2 Å². The molecule has 0 spiro atoms. The van der Waals surface area contributed by atoms with E-state index in [1.807, 2.05) is 13.0 Å². The summed E-state index contributed by atoms with van der Waals surface area (Å²) in [6, 6.07) is 8.41. The molecule has 0 bridgehead atoms. The average Bonchev–Trinajstić information content (AvgIpc) is 2.98. The van der Waals surface area contributed by atoms with Crippen molar-refractivity contribution in [2.24, 2.45) is 0 Å². The van der Waals surface area contributed by atoms with Crippen LogP contribution in [0.3, 0.4) is 0 Å². The van der Waals surface area contributed by atoms with E-state index in [0.29, 0.717) is 23.5 Å². The van der Waals surface area contributed by atoms with E-state index >= 15 is 0 Å². The van der Waals surface area contributed by atoms with Gasteiger partial charge in [-0.3, -0.25) is 10.1 Å². The molecule has 0 aliphatic rings. The maximum absolute atomic E-state index is 12.3. The van der Waals surface area contributed by atoms with Crippen LogP contribution in [0.4, 0.5) is 5.00 Å². The number of rotatable bonds is 5. The van der Waals surface area contributed by atoms with E-state index in [2.05, 4.69) is 15.9 Å². The van der Waals surface area contributed by atoms with Crippen LogP contribution in [0.1, 0.15) is 17.4 Å². The second-order valence-electron chi connectivity index (χ2n) is 4.99. The molecule has 0 radical (unpaired) electrons. The maximum atomic E-state index is 12.3. The number of hydrogen-bond acceptors (Lipinski definition) is 6. The molecular formula is C16H12BrNO5S. The van der Waals surface area contributed by atoms with E-state index in [9.17, 15) is 14.9 Å². The molecule has 0 amide bonds. The smallest absolute Gasteiger partial charge is 0.339 e. The Labute approximate surface area is 149 Å². The van der Waals surface area contributed by atoms with Gasteiger partial charge in [-0.25, -0.2) is 4.79 Å². The molecule has 6 nitrogen and oxygen atoms in total. The summed E-state index contributed by atoms with van der Waals surface area (Å²) in [4.78, 5) is 23.3. The lowest BCUT2D eigenvalue weighted by Gasteiger charge is -2.08. The highest BCUT2D eigenvalue weighted by molar-refractivity contribution is 9.10. The molecule has 0 atom stereocenters. The van der Waals surface area contributed by atoms with Gasteiger partial charge < -0.3 is 9.15 Å². The Balaban J connectivity index is 2.04. The summed E-state index contributed by atoms with van der Waals surface area (Å²) in [5.74, 6) is 0.497. The van der Waals surface area contributed by atoms with Gasteiger partial charge in [-0.2, -0.15) is 0 Å². The molecule has 0 fully saturated rings. The Hall–Kier alpha value is -2.19. The highest BCUT2D eigenvalue weighted by Crippen LogP contribution is 2.31. The van der Waals surface area contributed by atoms with Crippen LogP contribution in [0.15, 0.2) is 44.0 Å². The third-order valence-corrected chi connectivity index (χ3v) is 4.82. The third-order valence-electron chi connectivity index (χ3n) is 3.33. The summed E-state index contributed by atoms with van der Waals surface area (Å²) >= 11 is 4.46. The van der Waals surface area contributed by atoms with Gasteiger partial charge in [-0.1, -0.05) is 27.3 Å². The first-order valence-corrected chi connectivity index (χ1v) is 8.71. The third kappa shape index (κ3) is 3.34. The lowest BCUT2D eigenvalue weighted by atomic mass is 10.1. The van der Waals surface area contributed by atoms with Crippen LogP contribution in [0.5, 0.6) is 5.75 Å². The monoisotopic (exact) mass is 409 g/mol. The van der Waals surface area contributed by atoms with Crippen LogP contribution in [0.25, 0.3) is 11.0 Å². The number of ether oxygens (including phenoxy) is 1. The van der Waals surface area contributed by atoms with E-state index in [4.69, 9.17) is 9.15 Å². The lowest BCUT2D eigenvalue weighted by Crippen LogP contribution is -2.07. The predicted molar refractivity (Wildman–Crippen MR) is 95.1 cm³/mol. The van der Waals surface area contributed by atoms with E-state index in [0.717, 1.165) is 26.1 Å². The van der Waals surface area contributed by atoms with Crippen molar-refractivity contribution in [3.05, 3.63) is 65.8 Å². The zero-order valence-electron chi connectivity index (χ0n) is 12.6. The molecule has 3 rings (SSSR count). The summed E-state index contributed by atoms with van der Waals surface area (Å²) < 4.78 is 11.7. The van der Waals surface area contributed by atoms with Crippen molar-refractivity contribution in [1.29, 1.82) is 0 Å². The Morgan fingerprint density at radius 3 is 2.79 bits per heavy atom. The van der Waals surface area contributed by atoms with Gasteiger partial charge in [0.05, 0.1) is 11.5 Å². The van der Waals surface area contributed by atoms with Crippen molar-refractivity contribution in [1.82, 2.24) is 0 Å². The molecule has 3 aromatic rings. The summed E-state index contributed by atoms with van der Waals surface area (Å²) in [6.07, 6.45) is 0.285. The summed E-state index contributed by atoms with van der Waals surface area (Å²) in [6.45, 7) is 2.30. The fourth-order valence-corrected chi connectivity index (χ4v) is 3.64. The van der Waals surface area contributed by atoms with E-state index in [-0.39, 0.29) is 11.4 Å². The molecule has 24 heavy (non-hydrogen) atoms. The molecular weight excluding hydrogens is 398 g/mol. The van der Waals surface area contributed by atoms with Crippen LogP contribution >= 0.6 is 27.3 Å². The molecule has 0 aliphatic carbocycles. The van der Waals surface area contributed by atoms with Crippen molar-refractivity contribution >= 4 is 43.2 Å². The SMILES string of the molecule is CCOc1cc(Br)cc2cc(Cc3ccc([N+](=O)[O-])s3)c(=O)oc12. The fourth-order valence-electron chi connectivity index (χ4n) is 2.34. The summed E-state index contributed by atoms with van der Waals surface area (Å²) in [5, 5.41) is 11.5. The second-order valence-corrected chi connectivity index (χ2v) is 7.05.